The van der Waals surface area contributed by atoms with Crippen LogP contribution in [-0.2, 0) is 0 Å². The molecule has 4 heavy (non-hydrogen) atoms. The van der Waals surface area contributed by atoms with Crippen molar-refractivity contribution in [1.29, 1.82) is 0 Å². The van der Waals surface area contributed by atoms with E-state index in [9.17, 15) is 0 Å². The molecule has 1 rings (SSSR count). The first-order valence-electron chi connectivity index (χ1n) is 1.21. The molecule has 1 aliphatic heterocycles. The van der Waals surface area contributed by atoms with Crippen molar-refractivity contribution >= 4 is 18.9 Å². The molecule has 1 saturated heterocycles. The molecule has 0 atom stereocenters. The van der Waals surface area contributed by atoms with E-state index in [1.807, 2.05) is 0 Å². The minimum atomic E-state index is 0. The van der Waals surface area contributed by atoms with Crippen molar-refractivity contribution in [3.8, 4) is 0 Å². The van der Waals surface area contributed by atoms with Crippen LogP contribution in [-0.4, -0.2) is 32.0 Å². The average Bonchev–Trinajstić information content (AvgIpc) is 1.46. The van der Waals surface area contributed by atoms with E-state index in [0.29, 0.717) is 0 Å². The van der Waals surface area contributed by atoms with Gasteiger partial charge in [0, 0.05) is 32.0 Å². The maximum absolute atomic E-state index is 3.00. The van der Waals surface area contributed by atoms with Crippen molar-refractivity contribution in [1.82, 2.24) is 5.32 Å². The largest absolute Gasteiger partial charge is 0.314 e. The Balaban J connectivity index is 0.0000000900. The Morgan fingerprint density at radius 1 is 1.25 bits per heavy atom. The zero-order valence-electron chi connectivity index (χ0n) is 2.91. The first-order chi connectivity index (χ1) is 1.50. The molecule has 0 spiro atoms. The fraction of sp³-hybridized carbons (Fsp3) is 1.00. The van der Waals surface area contributed by atoms with Gasteiger partial charge in [0.25, 0.3) is 0 Å². The summed E-state index contributed by atoms with van der Waals surface area (Å²) in [4.78, 5) is 0. The van der Waals surface area contributed by atoms with E-state index < -0.39 is 0 Å². The Hall–Kier alpha value is 0.557. The Kier molecular flexibility index (Phi) is 2.09. The van der Waals surface area contributed by atoms with Crippen LogP contribution in [0.4, 0.5) is 0 Å². The number of hydrogen-bond acceptors (Lipinski definition) is 1. The molecule has 1 aliphatic rings. The van der Waals surface area contributed by atoms with Crippen LogP contribution in [0.5, 0.6) is 0 Å². The molecule has 0 aromatic rings. The summed E-state index contributed by atoms with van der Waals surface area (Å²) in [6.45, 7) is 2.50. The molecule has 1 heterocycles. The van der Waals surface area contributed by atoms with Crippen LogP contribution in [0.25, 0.3) is 0 Å². The summed E-state index contributed by atoms with van der Waals surface area (Å²) in [5.74, 6) is 0. The molecule has 0 amide bonds. The number of nitrogens with one attached hydrogen (secondary N) is 1. The summed E-state index contributed by atoms with van der Waals surface area (Å²) in [6, 6.07) is 0. The predicted molar refractivity (Wildman–Crippen MR) is 18.6 cm³/mol. The molecule has 1 radical (unpaired) electrons. The SMILES string of the molecule is C1CN1.[Li]. The number of hydrogen-bond donors (Lipinski definition) is 1. The third kappa shape index (κ3) is 2.56. The van der Waals surface area contributed by atoms with E-state index in [2.05, 4.69) is 5.32 Å². The third-order valence-electron chi connectivity index (χ3n) is 0.250. The molecular weight excluding hydrogens is 45.0 g/mol. The Morgan fingerprint density at radius 2 is 1.50 bits per heavy atom. The molecule has 0 aliphatic carbocycles. The summed E-state index contributed by atoms with van der Waals surface area (Å²) in [7, 11) is 0. The zero-order chi connectivity index (χ0) is 2.12. The third-order valence-corrected chi connectivity index (χ3v) is 0.250. The molecular formula is C2H5LiN. The minimum absolute atomic E-state index is 0. The van der Waals surface area contributed by atoms with E-state index in [0.717, 1.165) is 0 Å². The second-order valence-corrected chi connectivity index (χ2v) is 0.750. The van der Waals surface area contributed by atoms with Crippen molar-refractivity contribution in [3.63, 3.8) is 0 Å². The first-order valence-corrected chi connectivity index (χ1v) is 1.21. The molecule has 19 valence electrons. The fourth-order valence-electron chi connectivity index (χ4n) is 0. The molecule has 1 fully saturated rings. The van der Waals surface area contributed by atoms with Gasteiger partial charge in [0.05, 0.1) is 0 Å². The molecule has 1 N–H and O–H groups in total. The van der Waals surface area contributed by atoms with Gasteiger partial charge in [0.2, 0.25) is 0 Å². The fourth-order valence-corrected chi connectivity index (χ4v) is 0. The second kappa shape index (κ2) is 1.84. The van der Waals surface area contributed by atoms with Crippen LogP contribution in [0.15, 0.2) is 0 Å². The summed E-state index contributed by atoms with van der Waals surface area (Å²) < 4.78 is 0. The quantitative estimate of drug-likeness (QED) is 0.282. The topological polar surface area (TPSA) is 21.9 Å². The zero-order valence-corrected chi connectivity index (χ0v) is 2.91. The molecule has 0 unspecified atom stereocenters. The Bertz CT molecular complexity index is 10.8. The van der Waals surface area contributed by atoms with Crippen molar-refractivity contribution in [2.45, 2.75) is 0 Å². The van der Waals surface area contributed by atoms with Crippen LogP contribution >= 0.6 is 0 Å². The van der Waals surface area contributed by atoms with E-state index in [-0.39, 0.29) is 18.9 Å². The summed E-state index contributed by atoms with van der Waals surface area (Å²) in [6.07, 6.45) is 0. The normalized spacial score (nSPS) is 18.0. The second-order valence-electron chi connectivity index (χ2n) is 0.750. The average molecular weight is 50.0 g/mol. The first kappa shape index (κ1) is 4.56. The predicted octanol–water partition coefficient (Wildman–Crippen LogP) is -0.791. The number of rotatable bonds is 0. The van der Waals surface area contributed by atoms with Gasteiger partial charge >= 0.3 is 0 Å². The van der Waals surface area contributed by atoms with Crippen molar-refractivity contribution in [2.75, 3.05) is 13.1 Å². The molecule has 0 bridgehead atoms. The minimum Gasteiger partial charge on any atom is -0.314 e. The maximum atomic E-state index is 3.00. The summed E-state index contributed by atoms with van der Waals surface area (Å²) in [5.41, 5.74) is 0. The van der Waals surface area contributed by atoms with Gasteiger partial charge in [0.15, 0.2) is 0 Å². The molecule has 1 nitrogen and oxygen atoms in total. The molecule has 0 aromatic carbocycles. The van der Waals surface area contributed by atoms with Gasteiger partial charge in [-0.3, -0.25) is 0 Å². The van der Waals surface area contributed by atoms with Gasteiger partial charge in [-0.15, -0.1) is 0 Å². The van der Waals surface area contributed by atoms with E-state index >= 15 is 0 Å². The maximum Gasteiger partial charge on any atom is 0.00772 e. The van der Waals surface area contributed by atoms with Gasteiger partial charge in [-0.1, -0.05) is 0 Å². The van der Waals surface area contributed by atoms with Gasteiger partial charge in [-0.25, -0.2) is 0 Å². The standard InChI is InChI=1S/C2H5N.Li/c1-2-3-1;/h3H,1-2H2;. The van der Waals surface area contributed by atoms with Crippen molar-refractivity contribution in [3.05, 3.63) is 0 Å². The van der Waals surface area contributed by atoms with Crippen LogP contribution in [0.1, 0.15) is 0 Å². The van der Waals surface area contributed by atoms with Crippen LogP contribution in [0, 0.1) is 0 Å². The van der Waals surface area contributed by atoms with Crippen LogP contribution in [0.2, 0.25) is 0 Å². The van der Waals surface area contributed by atoms with Crippen LogP contribution < -0.4 is 5.32 Å². The van der Waals surface area contributed by atoms with E-state index in [4.69, 9.17) is 0 Å². The molecule has 2 heteroatoms. The Labute approximate surface area is 37.9 Å². The summed E-state index contributed by atoms with van der Waals surface area (Å²) in [5, 5.41) is 3.00. The van der Waals surface area contributed by atoms with Gasteiger partial charge in [-0.2, -0.15) is 0 Å². The van der Waals surface area contributed by atoms with Crippen molar-refractivity contribution < 1.29 is 0 Å². The van der Waals surface area contributed by atoms with E-state index in [1.54, 1.807) is 0 Å². The summed E-state index contributed by atoms with van der Waals surface area (Å²) >= 11 is 0. The van der Waals surface area contributed by atoms with Crippen LogP contribution in [0.3, 0.4) is 0 Å². The van der Waals surface area contributed by atoms with Crippen molar-refractivity contribution in [2.24, 2.45) is 0 Å². The van der Waals surface area contributed by atoms with E-state index in [1.165, 1.54) is 13.1 Å². The molecule has 0 saturated carbocycles. The molecule has 0 aromatic heterocycles. The van der Waals surface area contributed by atoms with Gasteiger partial charge in [0.1, 0.15) is 0 Å². The smallest absolute Gasteiger partial charge is 0.00772 e. The van der Waals surface area contributed by atoms with Gasteiger partial charge in [-0.05, 0) is 0 Å². The van der Waals surface area contributed by atoms with Gasteiger partial charge < -0.3 is 5.32 Å². The monoisotopic (exact) mass is 50.1 g/mol. The Morgan fingerprint density at radius 3 is 1.50 bits per heavy atom.